The van der Waals surface area contributed by atoms with E-state index in [1.165, 1.54) is 81.4 Å². The molecular weight excluding hydrogens is 576 g/mol. The number of rotatable bonds is 22. The normalized spacial score (nSPS) is 16.0. The molecule has 2 aromatic carbocycles. The fourth-order valence-electron chi connectivity index (χ4n) is 6.02. The van der Waals surface area contributed by atoms with Crippen molar-refractivity contribution in [3.63, 3.8) is 0 Å². The van der Waals surface area contributed by atoms with Gasteiger partial charge in [0.25, 0.3) is 0 Å². The molecule has 0 aromatic heterocycles. The molecule has 0 heterocycles. The van der Waals surface area contributed by atoms with Crippen molar-refractivity contribution in [2.45, 2.75) is 135 Å². The molecule has 2 aromatic rings. The smallest absolute Gasteiger partial charge is 0.338 e. The Hall–Kier alpha value is -3.41. The third-order valence-electron chi connectivity index (χ3n) is 8.95. The van der Waals surface area contributed by atoms with Crippen molar-refractivity contribution in [1.82, 2.24) is 0 Å². The molecule has 0 atom stereocenters. The van der Waals surface area contributed by atoms with Crippen LogP contribution in [0.1, 0.15) is 138 Å². The largest absolute Gasteiger partial charge is 0.463 e. The number of hydrogen-bond donors (Lipinski definition) is 0. The lowest BCUT2D eigenvalue weighted by Gasteiger charge is -2.27. The Kier molecular flexibility index (Phi) is 17.9. The van der Waals surface area contributed by atoms with Crippen LogP contribution in [-0.4, -0.2) is 30.6 Å². The van der Waals surface area contributed by atoms with Gasteiger partial charge < -0.3 is 14.2 Å². The molecule has 46 heavy (non-hydrogen) atoms. The summed E-state index contributed by atoms with van der Waals surface area (Å²) in [5.74, 6) is -0.368. The van der Waals surface area contributed by atoms with Crippen LogP contribution in [-0.2, 0) is 31.9 Å². The average Bonchev–Trinajstić information content (AvgIpc) is 3.08. The Bertz CT molecular complexity index is 1160. The molecule has 0 bridgehead atoms. The van der Waals surface area contributed by atoms with Gasteiger partial charge in [0.2, 0.25) is 0 Å². The van der Waals surface area contributed by atoms with E-state index in [-0.39, 0.29) is 29.9 Å². The molecule has 1 aliphatic rings. The maximum Gasteiger partial charge on any atom is 0.338 e. The minimum Gasteiger partial charge on any atom is -0.463 e. The van der Waals surface area contributed by atoms with Gasteiger partial charge in [0, 0.05) is 6.08 Å². The minimum atomic E-state index is -0.338. The molecule has 6 heteroatoms. The monoisotopic (exact) mass is 632 g/mol. The molecule has 0 amide bonds. The number of hydrogen-bond acceptors (Lipinski definition) is 6. The van der Waals surface area contributed by atoms with Gasteiger partial charge in [-0.15, -0.1) is 0 Å². The van der Waals surface area contributed by atoms with Gasteiger partial charge >= 0.3 is 17.9 Å². The molecule has 1 aliphatic carbocycles. The van der Waals surface area contributed by atoms with E-state index in [2.05, 4.69) is 25.6 Å². The zero-order valence-corrected chi connectivity index (χ0v) is 28.1. The molecule has 0 aliphatic heterocycles. The Balaban J connectivity index is 1.23. The predicted molar refractivity (Wildman–Crippen MR) is 184 cm³/mol. The summed E-state index contributed by atoms with van der Waals surface area (Å²) in [5.41, 5.74) is 3.11. The third-order valence-corrected chi connectivity index (χ3v) is 8.95. The van der Waals surface area contributed by atoms with Gasteiger partial charge in [0.1, 0.15) is 11.9 Å². The summed E-state index contributed by atoms with van der Waals surface area (Å²) in [6.45, 7) is 6.10. The first-order valence-electron chi connectivity index (χ1n) is 17.9. The van der Waals surface area contributed by atoms with E-state index in [0.29, 0.717) is 43.6 Å². The fraction of sp³-hybridized carbons (Fsp3) is 0.575. The minimum absolute atomic E-state index is 0.157. The predicted octanol–water partition coefficient (Wildman–Crippen LogP) is 9.91. The standard InChI is InChI=1S/C40H56O6/c1-3-5-6-14-17-33-21-27-36(28-22-33)45-40(43)35-25-29-37(30-26-35)46-39(42)34-23-19-32(20-24-34)18-15-12-10-8-7-9-11-13-16-31-44-38(41)4-2/h4,19-24,27-28,35,37H,2-3,5-18,25-26,29-31H2,1H3. The Morgan fingerprint density at radius 1 is 0.696 bits per heavy atom. The first kappa shape index (κ1) is 37.1. The lowest BCUT2D eigenvalue weighted by atomic mass is 9.87. The van der Waals surface area contributed by atoms with Crippen molar-refractivity contribution in [3.8, 4) is 5.75 Å². The van der Waals surface area contributed by atoms with Crippen molar-refractivity contribution in [2.75, 3.05) is 6.61 Å². The molecule has 1 fully saturated rings. The van der Waals surface area contributed by atoms with Crippen LogP contribution in [0, 0.1) is 5.92 Å². The van der Waals surface area contributed by atoms with Crippen LogP contribution in [0.25, 0.3) is 0 Å². The molecule has 6 nitrogen and oxygen atoms in total. The Morgan fingerprint density at radius 3 is 1.78 bits per heavy atom. The van der Waals surface area contributed by atoms with Crippen molar-refractivity contribution in [2.24, 2.45) is 5.92 Å². The zero-order valence-electron chi connectivity index (χ0n) is 28.1. The summed E-state index contributed by atoms with van der Waals surface area (Å²) in [5, 5.41) is 0. The molecule has 0 N–H and O–H groups in total. The first-order chi connectivity index (χ1) is 22.5. The molecule has 3 rings (SSSR count). The number of ether oxygens (including phenoxy) is 3. The Labute approximate surface area is 277 Å². The SMILES string of the molecule is C=CC(=O)OCCCCCCCCCCCc1ccc(C(=O)OC2CCC(C(=O)Oc3ccc(CCCCCC)cc3)CC2)cc1. The lowest BCUT2D eigenvalue weighted by Crippen LogP contribution is -2.30. The highest BCUT2D eigenvalue weighted by atomic mass is 16.5. The number of aryl methyl sites for hydroxylation is 2. The summed E-state index contributed by atoms with van der Waals surface area (Å²) in [4.78, 5) is 36.5. The quantitative estimate of drug-likeness (QED) is 0.0556. The van der Waals surface area contributed by atoms with Gasteiger partial charge in [-0.3, -0.25) is 4.79 Å². The summed E-state index contributed by atoms with van der Waals surface area (Å²) in [6.07, 6.45) is 21.3. The number of unbranched alkanes of at least 4 members (excludes halogenated alkanes) is 11. The van der Waals surface area contributed by atoms with Crippen molar-refractivity contribution >= 4 is 17.9 Å². The topological polar surface area (TPSA) is 78.9 Å². The second kappa shape index (κ2) is 22.2. The number of carbonyl (C=O) groups excluding carboxylic acids is 3. The number of esters is 3. The molecule has 0 spiro atoms. The van der Waals surface area contributed by atoms with E-state index < -0.39 is 0 Å². The van der Waals surface area contributed by atoms with Crippen LogP contribution in [0.15, 0.2) is 61.2 Å². The third kappa shape index (κ3) is 14.8. The lowest BCUT2D eigenvalue weighted by molar-refractivity contribution is -0.140. The molecule has 0 radical (unpaired) electrons. The maximum absolute atomic E-state index is 12.8. The van der Waals surface area contributed by atoms with Crippen molar-refractivity contribution in [3.05, 3.63) is 77.9 Å². The fourth-order valence-corrected chi connectivity index (χ4v) is 6.02. The zero-order chi connectivity index (χ0) is 32.8. The van der Waals surface area contributed by atoms with E-state index in [0.717, 1.165) is 32.1 Å². The summed E-state index contributed by atoms with van der Waals surface area (Å²) >= 11 is 0. The highest BCUT2D eigenvalue weighted by Gasteiger charge is 2.30. The van der Waals surface area contributed by atoms with E-state index >= 15 is 0 Å². The second-order valence-electron chi connectivity index (χ2n) is 12.8. The number of benzene rings is 2. The summed E-state index contributed by atoms with van der Waals surface area (Å²) in [6, 6.07) is 15.7. The van der Waals surface area contributed by atoms with E-state index in [9.17, 15) is 14.4 Å². The second-order valence-corrected chi connectivity index (χ2v) is 12.8. The van der Waals surface area contributed by atoms with Crippen LogP contribution in [0.3, 0.4) is 0 Å². The van der Waals surface area contributed by atoms with Crippen LogP contribution in [0.4, 0.5) is 0 Å². The van der Waals surface area contributed by atoms with Gasteiger partial charge in [-0.25, -0.2) is 9.59 Å². The van der Waals surface area contributed by atoms with Crippen molar-refractivity contribution < 1.29 is 28.6 Å². The maximum atomic E-state index is 12.8. The molecule has 0 unspecified atom stereocenters. The molecule has 252 valence electrons. The summed E-state index contributed by atoms with van der Waals surface area (Å²) < 4.78 is 16.5. The van der Waals surface area contributed by atoms with Crippen LogP contribution < -0.4 is 4.74 Å². The number of carbonyl (C=O) groups is 3. The van der Waals surface area contributed by atoms with E-state index in [4.69, 9.17) is 14.2 Å². The van der Waals surface area contributed by atoms with Gasteiger partial charge in [-0.1, -0.05) is 102 Å². The van der Waals surface area contributed by atoms with Crippen LogP contribution >= 0.6 is 0 Å². The van der Waals surface area contributed by atoms with Crippen molar-refractivity contribution in [1.29, 1.82) is 0 Å². The van der Waals surface area contributed by atoms with Gasteiger partial charge in [-0.05, 0) is 93.2 Å². The van der Waals surface area contributed by atoms with Gasteiger partial charge in [-0.2, -0.15) is 0 Å². The van der Waals surface area contributed by atoms with E-state index in [1.54, 1.807) is 0 Å². The Morgan fingerprint density at radius 2 is 1.22 bits per heavy atom. The van der Waals surface area contributed by atoms with E-state index in [1.807, 2.05) is 36.4 Å². The van der Waals surface area contributed by atoms with Gasteiger partial charge in [0.15, 0.2) is 0 Å². The van der Waals surface area contributed by atoms with Gasteiger partial charge in [0.05, 0.1) is 18.1 Å². The van der Waals surface area contributed by atoms with Crippen LogP contribution in [0.2, 0.25) is 0 Å². The van der Waals surface area contributed by atoms with Crippen LogP contribution in [0.5, 0.6) is 5.75 Å². The molecular formula is C40H56O6. The first-order valence-corrected chi connectivity index (χ1v) is 17.9. The highest BCUT2D eigenvalue weighted by Crippen LogP contribution is 2.29. The molecule has 1 saturated carbocycles. The molecule has 0 saturated heterocycles. The highest BCUT2D eigenvalue weighted by molar-refractivity contribution is 5.89. The average molecular weight is 633 g/mol. The summed E-state index contributed by atoms with van der Waals surface area (Å²) in [7, 11) is 0.